The molecule has 5 nitrogen and oxygen atoms in total. The van der Waals surface area contributed by atoms with E-state index in [2.05, 4.69) is 0 Å². The highest BCUT2D eigenvalue weighted by atomic mass is 32.2. The van der Waals surface area contributed by atoms with Crippen molar-refractivity contribution in [3.63, 3.8) is 0 Å². The molecule has 0 unspecified atom stereocenters. The normalized spacial score (nSPS) is 18.4. The fraction of sp³-hybridized carbons (Fsp3) is 0.211. The summed E-state index contributed by atoms with van der Waals surface area (Å²) in [6.07, 6.45) is 3.04. The molecule has 1 fully saturated rings. The van der Waals surface area contributed by atoms with Gasteiger partial charge >= 0.3 is 0 Å². The first kappa shape index (κ1) is 16.8. The molecule has 134 valence electrons. The number of sulfone groups is 1. The number of likely N-dealkylation sites (tertiary alicyclic amines) is 1. The Labute approximate surface area is 151 Å². The summed E-state index contributed by atoms with van der Waals surface area (Å²) in [5.41, 5.74) is 0.857. The van der Waals surface area contributed by atoms with Gasteiger partial charge in [0, 0.05) is 25.0 Å². The van der Waals surface area contributed by atoms with Crippen molar-refractivity contribution in [3.8, 4) is 0 Å². The molecule has 2 heterocycles. The number of para-hydroxylation sites is 1. The fourth-order valence-electron chi connectivity index (χ4n) is 3.33. The van der Waals surface area contributed by atoms with Crippen molar-refractivity contribution in [2.75, 3.05) is 18.0 Å². The number of hydrogen-bond donors (Lipinski definition) is 0. The van der Waals surface area contributed by atoms with Crippen molar-refractivity contribution in [1.82, 2.24) is 4.90 Å². The van der Waals surface area contributed by atoms with Crippen LogP contribution in [0.4, 0.5) is 15.8 Å². The van der Waals surface area contributed by atoms with Crippen molar-refractivity contribution < 1.29 is 17.6 Å². The van der Waals surface area contributed by atoms with Crippen molar-refractivity contribution in [2.45, 2.75) is 17.7 Å². The fourth-order valence-corrected chi connectivity index (χ4v) is 4.85. The Morgan fingerprint density at radius 2 is 1.69 bits per heavy atom. The highest BCUT2D eigenvalue weighted by molar-refractivity contribution is 7.96. The van der Waals surface area contributed by atoms with Crippen LogP contribution in [-0.2, 0) is 14.6 Å². The standard InChI is InChI=1S/C19H17FN2O3S/c20-14-8-9-17-16(12-14)22(15-6-2-1-3-7-15)13-18(26(17,24)25)19(23)21-10-4-5-11-21/h1-3,6-9,12-13H,4-5,10-11H2. The summed E-state index contributed by atoms with van der Waals surface area (Å²) < 4.78 is 39.9. The minimum Gasteiger partial charge on any atom is -0.338 e. The molecule has 1 saturated heterocycles. The lowest BCUT2D eigenvalue weighted by Crippen LogP contribution is -2.35. The average Bonchev–Trinajstić information content (AvgIpc) is 3.16. The van der Waals surface area contributed by atoms with Gasteiger partial charge in [-0.05, 0) is 43.2 Å². The molecule has 0 N–H and O–H groups in total. The van der Waals surface area contributed by atoms with Crippen LogP contribution in [-0.4, -0.2) is 32.3 Å². The molecular weight excluding hydrogens is 355 g/mol. The molecule has 2 aliphatic rings. The highest BCUT2D eigenvalue weighted by Crippen LogP contribution is 2.40. The number of benzene rings is 2. The van der Waals surface area contributed by atoms with Gasteiger partial charge in [0.1, 0.15) is 5.82 Å². The first-order valence-corrected chi connectivity index (χ1v) is 9.87. The van der Waals surface area contributed by atoms with E-state index in [9.17, 15) is 17.6 Å². The molecule has 0 atom stereocenters. The van der Waals surface area contributed by atoms with Crippen molar-refractivity contribution in [1.29, 1.82) is 0 Å². The van der Waals surface area contributed by atoms with E-state index in [0.29, 0.717) is 18.8 Å². The third-order valence-corrected chi connectivity index (χ3v) is 6.43. The zero-order chi connectivity index (χ0) is 18.3. The molecule has 2 aliphatic heterocycles. The van der Waals surface area contributed by atoms with Gasteiger partial charge in [-0.3, -0.25) is 4.79 Å². The summed E-state index contributed by atoms with van der Waals surface area (Å²) in [7, 11) is -4.02. The molecule has 2 aromatic rings. The quantitative estimate of drug-likeness (QED) is 0.760. The second kappa shape index (κ2) is 6.25. The Morgan fingerprint density at radius 1 is 1.00 bits per heavy atom. The topological polar surface area (TPSA) is 57.7 Å². The van der Waals surface area contributed by atoms with Crippen LogP contribution >= 0.6 is 0 Å². The second-order valence-electron chi connectivity index (χ2n) is 6.31. The van der Waals surface area contributed by atoms with Crippen LogP contribution in [0, 0.1) is 5.82 Å². The third-order valence-electron chi connectivity index (χ3n) is 4.64. The van der Waals surface area contributed by atoms with Gasteiger partial charge in [-0.25, -0.2) is 12.8 Å². The number of anilines is 2. The van der Waals surface area contributed by atoms with Crippen molar-refractivity contribution in [2.24, 2.45) is 0 Å². The van der Waals surface area contributed by atoms with E-state index in [0.717, 1.165) is 18.9 Å². The predicted molar refractivity (Wildman–Crippen MR) is 96.1 cm³/mol. The number of fused-ring (bicyclic) bond motifs is 1. The largest absolute Gasteiger partial charge is 0.338 e. The number of hydrogen-bond acceptors (Lipinski definition) is 4. The van der Waals surface area contributed by atoms with Crippen LogP contribution < -0.4 is 4.90 Å². The number of nitrogens with zero attached hydrogens (tertiary/aromatic N) is 2. The highest BCUT2D eigenvalue weighted by Gasteiger charge is 2.38. The van der Waals surface area contributed by atoms with Crippen molar-refractivity contribution >= 4 is 27.1 Å². The minimum absolute atomic E-state index is 0.0622. The number of rotatable bonds is 2. The summed E-state index contributed by atoms with van der Waals surface area (Å²) in [6.45, 7) is 1.10. The predicted octanol–water partition coefficient (Wildman–Crippen LogP) is 3.21. The van der Waals surface area contributed by atoms with Crippen LogP contribution in [0.1, 0.15) is 12.8 Å². The van der Waals surface area contributed by atoms with Gasteiger partial charge in [0.05, 0.1) is 10.6 Å². The first-order valence-electron chi connectivity index (χ1n) is 8.38. The lowest BCUT2D eigenvalue weighted by molar-refractivity contribution is -0.125. The number of carbonyl (C=O) groups excluding carboxylic acids is 1. The molecule has 0 radical (unpaired) electrons. The third kappa shape index (κ3) is 2.68. The average molecular weight is 372 g/mol. The van der Waals surface area contributed by atoms with Crippen LogP contribution in [0.2, 0.25) is 0 Å². The van der Waals surface area contributed by atoms with Crippen molar-refractivity contribution in [3.05, 3.63) is 65.5 Å². The zero-order valence-electron chi connectivity index (χ0n) is 13.9. The molecule has 0 saturated carbocycles. The lowest BCUT2D eigenvalue weighted by Gasteiger charge is -2.30. The van der Waals surface area contributed by atoms with E-state index in [1.165, 1.54) is 18.3 Å². The van der Waals surface area contributed by atoms with Gasteiger partial charge in [0.2, 0.25) is 9.84 Å². The number of carbonyl (C=O) groups is 1. The smallest absolute Gasteiger partial charge is 0.267 e. The van der Waals surface area contributed by atoms with Gasteiger partial charge in [-0.2, -0.15) is 0 Å². The summed E-state index contributed by atoms with van der Waals surface area (Å²) in [6, 6.07) is 12.5. The molecule has 0 aliphatic carbocycles. The number of amides is 1. The molecular formula is C19H17FN2O3S. The van der Waals surface area contributed by atoms with E-state index < -0.39 is 21.6 Å². The van der Waals surface area contributed by atoms with E-state index >= 15 is 0 Å². The Hall–Kier alpha value is -2.67. The molecule has 4 rings (SSSR count). The maximum atomic E-state index is 13.8. The molecule has 0 bridgehead atoms. The monoisotopic (exact) mass is 372 g/mol. The molecule has 0 aromatic heterocycles. The molecule has 26 heavy (non-hydrogen) atoms. The van der Waals surface area contributed by atoms with E-state index in [-0.39, 0.29) is 15.5 Å². The van der Waals surface area contributed by atoms with Crippen LogP contribution in [0.25, 0.3) is 0 Å². The van der Waals surface area contributed by atoms with Gasteiger partial charge < -0.3 is 9.80 Å². The Kier molecular flexibility index (Phi) is 4.03. The van der Waals surface area contributed by atoms with Gasteiger partial charge in [0.25, 0.3) is 5.91 Å². The molecule has 7 heteroatoms. The van der Waals surface area contributed by atoms with Gasteiger partial charge in [-0.1, -0.05) is 18.2 Å². The Morgan fingerprint density at radius 3 is 2.38 bits per heavy atom. The van der Waals surface area contributed by atoms with E-state index in [1.54, 1.807) is 34.1 Å². The molecule has 0 spiro atoms. The Bertz CT molecular complexity index is 997. The lowest BCUT2D eigenvalue weighted by atomic mass is 10.2. The van der Waals surface area contributed by atoms with Crippen LogP contribution in [0.15, 0.2) is 64.5 Å². The Balaban J connectivity index is 1.90. The SMILES string of the molecule is O=C(C1=CN(c2ccccc2)c2cc(F)ccc2S1(=O)=O)N1CCCC1. The summed E-state index contributed by atoms with van der Waals surface area (Å²) in [5.74, 6) is -1.04. The summed E-state index contributed by atoms with van der Waals surface area (Å²) in [4.78, 5) is 15.6. The minimum atomic E-state index is -4.02. The maximum absolute atomic E-state index is 13.8. The van der Waals surface area contributed by atoms with E-state index in [4.69, 9.17) is 0 Å². The first-order chi connectivity index (χ1) is 12.5. The summed E-state index contributed by atoms with van der Waals surface area (Å²) >= 11 is 0. The maximum Gasteiger partial charge on any atom is 0.267 e. The summed E-state index contributed by atoms with van der Waals surface area (Å²) in [5, 5.41) is 0. The number of halogens is 1. The second-order valence-corrected chi connectivity index (χ2v) is 8.20. The van der Waals surface area contributed by atoms with Gasteiger partial charge in [-0.15, -0.1) is 0 Å². The van der Waals surface area contributed by atoms with Crippen LogP contribution in [0.3, 0.4) is 0 Å². The zero-order valence-corrected chi connectivity index (χ0v) is 14.7. The van der Waals surface area contributed by atoms with Gasteiger partial charge in [0.15, 0.2) is 4.91 Å². The molecule has 1 amide bonds. The van der Waals surface area contributed by atoms with E-state index in [1.807, 2.05) is 6.07 Å². The van der Waals surface area contributed by atoms with Crippen LogP contribution in [0.5, 0.6) is 0 Å². The molecule has 2 aromatic carbocycles.